The Kier molecular flexibility index (Phi) is 23.5. The first-order valence-electron chi connectivity index (χ1n) is 19.2. The SMILES string of the molecule is C#CC#CC#CC#CC#CC#CC#CC#CC#CC#CC#CC#CC#CC#CC.Cn1cc(C(=O)c2cccs2)c2cc(C(=O)SCC3c4ccccc4-c4ccccc43)ccc21.SONOS.[HH].[HH].[HH].[HH].[HH].[HH].[HH].[HH]. The van der Waals surface area contributed by atoms with Gasteiger partial charge in [-0.15, -0.1) is 17.8 Å². The van der Waals surface area contributed by atoms with E-state index in [9.17, 15) is 9.59 Å². The van der Waals surface area contributed by atoms with Crippen molar-refractivity contribution in [3.05, 3.63) is 118 Å². The summed E-state index contributed by atoms with van der Waals surface area (Å²) in [7, 11) is 1.93. The summed E-state index contributed by atoms with van der Waals surface area (Å²) in [5.41, 5.74) is 9.14. The zero-order valence-corrected chi connectivity index (χ0v) is 39.2. The maximum Gasteiger partial charge on any atom is 0.219 e. The molecule has 0 fully saturated rings. The van der Waals surface area contributed by atoms with E-state index in [1.54, 1.807) is 6.92 Å². The quantitative estimate of drug-likeness (QED) is 0.0497. The lowest BCUT2D eigenvalue weighted by Gasteiger charge is -2.13. The van der Waals surface area contributed by atoms with E-state index in [-0.39, 0.29) is 28.2 Å². The van der Waals surface area contributed by atoms with Gasteiger partial charge in [-0.3, -0.25) is 9.59 Å². The van der Waals surface area contributed by atoms with E-state index in [0.717, 1.165) is 10.9 Å². The number of hydrogen-bond donors (Lipinski definition) is 3. The summed E-state index contributed by atoms with van der Waals surface area (Å²) in [6.45, 7) is 1.69. The van der Waals surface area contributed by atoms with Crippen molar-refractivity contribution in [3.63, 3.8) is 0 Å². The largest absolute Gasteiger partial charge is 0.350 e. The Morgan fingerprint density at radius 1 is 0.662 bits per heavy atom. The van der Waals surface area contributed by atoms with Crippen molar-refractivity contribution in [3.8, 4) is 177 Å². The molecule has 0 spiro atoms. The molecule has 1 N–H and O–H groups in total. The molecule has 6 rings (SSSR count). The molecular weight excluding hydrogens is 917 g/mol. The number of benzene rings is 3. The van der Waals surface area contributed by atoms with Crippen molar-refractivity contribution in [2.75, 3.05) is 5.75 Å². The number of aromatic nitrogens is 1. The van der Waals surface area contributed by atoms with Crippen LogP contribution in [0.25, 0.3) is 22.0 Å². The summed E-state index contributed by atoms with van der Waals surface area (Å²) in [5.74, 6) is 67.8. The van der Waals surface area contributed by atoms with E-state index in [0.29, 0.717) is 21.8 Å². The number of rotatable bonds is 7. The van der Waals surface area contributed by atoms with Crippen LogP contribution >= 0.6 is 48.9 Å². The Balaban J connectivity index is -0.000000374. The molecule has 0 aliphatic heterocycles. The lowest BCUT2D eigenvalue weighted by molar-refractivity contribution is 0.0234. The Bertz CT molecular complexity index is 3630. The molecule has 1 aliphatic carbocycles. The van der Waals surface area contributed by atoms with E-state index >= 15 is 0 Å². The number of thioether (sulfide) groups is 1. The van der Waals surface area contributed by atoms with Crippen LogP contribution in [0, 0.1) is 166 Å². The lowest BCUT2D eigenvalue weighted by Crippen LogP contribution is -2.04. The summed E-state index contributed by atoms with van der Waals surface area (Å²) in [4.78, 5) is 27.0. The zero-order chi connectivity index (χ0) is 48.4. The van der Waals surface area contributed by atoms with Crippen LogP contribution in [0.2, 0.25) is 0 Å². The first kappa shape index (κ1) is 51.6. The Hall–Kier alpha value is -8.99. The van der Waals surface area contributed by atoms with Crippen molar-refractivity contribution >= 4 is 70.7 Å². The van der Waals surface area contributed by atoms with Crippen LogP contribution in [-0.2, 0) is 15.6 Å². The molecule has 2 heterocycles. The number of fused-ring (bicyclic) bond motifs is 4. The van der Waals surface area contributed by atoms with E-state index in [1.165, 1.54) is 45.4 Å². The number of hydrogen-bond acceptors (Lipinski definition) is 9. The Labute approximate surface area is 428 Å². The normalized spacial score (nSPS) is 8.57. The predicted octanol–water partition coefficient (Wildman–Crippen LogP) is 9.94. The van der Waals surface area contributed by atoms with Crippen molar-refractivity contribution in [1.82, 2.24) is 10.2 Å². The fourth-order valence-corrected chi connectivity index (χ4v) is 7.54. The first-order valence-corrected chi connectivity index (χ1v) is 21.8. The number of aryl methyl sites for hydroxylation is 1. The molecule has 1 aliphatic rings. The van der Waals surface area contributed by atoms with Crippen LogP contribution in [0.3, 0.4) is 0 Å². The van der Waals surface area contributed by atoms with Gasteiger partial charge in [0.15, 0.2) is 0 Å². The molecule has 0 bridgehead atoms. The van der Waals surface area contributed by atoms with Gasteiger partial charge in [-0.05, 0) is 154 Å². The number of thiol groups is 2. The van der Waals surface area contributed by atoms with Gasteiger partial charge in [0.05, 0.1) is 4.88 Å². The van der Waals surface area contributed by atoms with E-state index in [4.69, 9.17) is 6.42 Å². The summed E-state index contributed by atoms with van der Waals surface area (Å²) in [6.07, 6.45) is 6.78. The third-order valence-corrected chi connectivity index (χ3v) is 10.3. The molecule has 6 nitrogen and oxygen atoms in total. The molecule has 3 aromatic carbocycles. The van der Waals surface area contributed by atoms with Crippen molar-refractivity contribution in [1.29, 1.82) is 0 Å². The highest BCUT2D eigenvalue weighted by Gasteiger charge is 2.29. The third kappa shape index (κ3) is 17.2. The molecule has 0 radical (unpaired) electrons. The number of nitrogens with one attached hydrogen (secondary N) is 1. The van der Waals surface area contributed by atoms with Gasteiger partial charge in [-0.2, -0.15) is 0 Å². The topological polar surface area (TPSA) is 69.6 Å². The number of carbonyl (C=O) groups is 2. The molecular formula is C58H44N2O4S4. The van der Waals surface area contributed by atoms with Crippen LogP contribution in [-0.4, -0.2) is 21.2 Å². The second kappa shape index (κ2) is 31.0. The van der Waals surface area contributed by atoms with Gasteiger partial charge in [0.25, 0.3) is 0 Å². The van der Waals surface area contributed by atoms with Crippen LogP contribution in [0.15, 0.2) is 90.4 Å². The van der Waals surface area contributed by atoms with Crippen molar-refractivity contribution in [2.24, 2.45) is 7.05 Å². The minimum atomic E-state index is -0.00276. The van der Waals surface area contributed by atoms with Gasteiger partial charge in [0, 0.05) is 143 Å². The average molecular weight is 961 g/mol. The highest BCUT2D eigenvalue weighted by Crippen LogP contribution is 2.46. The standard InChI is InChI=1S/C29H21NO2S2.C29H4.H3NO2S2.8H2/c1-30-16-24(28(31)27-11-6-14-33-27)23-15-18(12-13-26(23)30)29(32)34-17-25-21-9-4-2-7-19(21)20-8-3-5-10-22(20)25;1-3-5-7-9-11-13-15-17-19-21-23-25-27-29-28-26-24-22-20-18-16-14-12-10-8-6-4-2;4-2-1-3-5;;;;;;;;/h2-16,25H,17H2,1H3;1H,2H3;1,4-5H;8*1H. The zero-order valence-electron chi connectivity index (χ0n) is 35.8. The summed E-state index contributed by atoms with van der Waals surface area (Å²) < 4.78 is 9.62. The third-order valence-electron chi connectivity index (χ3n) is 8.33. The molecule has 5 aromatic rings. The fraction of sp³-hybridized carbons (Fsp3) is 0.0690. The molecule has 68 heavy (non-hydrogen) atoms. The summed E-state index contributed by atoms with van der Waals surface area (Å²) >= 11 is 9.22. The van der Waals surface area contributed by atoms with Gasteiger partial charge in [0.2, 0.25) is 10.9 Å². The Morgan fingerprint density at radius 2 is 1.12 bits per heavy atom. The van der Waals surface area contributed by atoms with Gasteiger partial charge in [-0.25, -0.2) is 8.57 Å². The van der Waals surface area contributed by atoms with Crippen molar-refractivity contribution < 1.29 is 29.6 Å². The molecule has 0 atom stereocenters. The molecule has 10 heteroatoms. The fourth-order valence-electron chi connectivity index (χ4n) is 5.76. The average Bonchev–Trinajstić information content (AvgIpc) is 4.11. The van der Waals surface area contributed by atoms with Gasteiger partial charge in [0.1, 0.15) is 0 Å². The maximum atomic E-state index is 13.3. The van der Waals surface area contributed by atoms with Crippen LogP contribution in [0.4, 0.5) is 0 Å². The first-order chi connectivity index (χ1) is 33.4. The van der Waals surface area contributed by atoms with Crippen LogP contribution in [0.5, 0.6) is 0 Å². The number of thiophene rings is 1. The molecule has 0 saturated carbocycles. The molecule has 2 aromatic heterocycles. The van der Waals surface area contributed by atoms with E-state index < -0.39 is 0 Å². The van der Waals surface area contributed by atoms with E-state index in [1.807, 2.05) is 59.2 Å². The number of terminal acetylenes is 1. The highest BCUT2D eigenvalue weighted by molar-refractivity contribution is 8.14. The number of ketones is 1. The Morgan fingerprint density at radius 3 is 1.53 bits per heavy atom. The second-order valence-electron chi connectivity index (χ2n) is 12.3. The van der Waals surface area contributed by atoms with Gasteiger partial charge >= 0.3 is 0 Å². The molecule has 334 valence electrons. The van der Waals surface area contributed by atoms with Crippen LogP contribution in [0.1, 0.15) is 61.0 Å². The molecule has 0 amide bonds. The molecule has 0 saturated heterocycles. The maximum absolute atomic E-state index is 13.3. The van der Waals surface area contributed by atoms with Crippen molar-refractivity contribution in [2.45, 2.75) is 12.8 Å². The summed E-state index contributed by atoms with van der Waals surface area (Å²) in [6, 6.07) is 26.4. The van der Waals surface area contributed by atoms with Gasteiger partial charge < -0.3 is 4.57 Å². The number of nitrogens with zero attached hydrogens (tertiary/aromatic N) is 1. The second-order valence-corrected chi connectivity index (χ2v) is 14.6. The van der Waals surface area contributed by atoms with Crippen LogP contribution < -0.4 is 5.64 Å². The minimum absolute atomic E-state index is 0. The predicted molar refractivity (Wildman–Crippen MR) is 297 cm³/mol. The van der Waals surface area contributed by atoms with Gasteiger partial charge in [-0.1, -0.05) is 77.9 Å². The number of carbonyl (C=O) groups excluding carboxylic acids is 2. The van der Waals surface area contributed by atoms with E-state index in [2.05, 4.69) is 243 Å². The summed E-state index contributed by atoms with van der Waals surface area (Å²) in [5, 5.41) is 2.76. The molecule has 0 unspecified atom stereocenters. The smallest absolute Gasteiger partial charge is 0.219 e. The lowest BCUT2D eigenvalue weighted by atomic mass is 9.99. The monoisotopic (exact) mass is 960 g/mol. The minimum Gasteiger partial charge on any atom is -0.350 e. The highest BCUT2D eigenvalue weighted by atomic mass is 32.2.